The van der Waals surface area contributed by atoms with E-state index in [-0.39, 0.29) is 24.3 Å². The number of hydrogen-bond acceptors (Lipinski definition) is 4. The maximum absolute atomic E-state index is 13.1. The Kier molecular flexibility index (Phi) is 7.28. The molecule has 3 aromatic rings. The van der Waals surface area contributed by atoms with Crippen LogP contribution in [-0.4, -0.2) is 43.0 Å². The molecule has 0 spiro atoms. The molecule has 0 aliphatic carbocycles. The van der Waals surface area contributed by atoms with Crippen molar-refractivity contribution in [3.8, 4) is 11.5 Å². The number of benzene rings is 3. The highest BCUT2D eigenvalue weighted by atomic mass is 16.5. The van der Waals surface area contributed by atoms with Crippen LogP contribution in [0.2, 0.25) is 0 Å². The minimum atomic E-state index is -0.601. The summed E-state index contributed by atoms with van der Waals surface area (Å²) in [5.74, 6) is 0.956. The van der Waals surface area contributed by atoms with Gasteiger partial charge < -0.3 is 19.7 Å². The minimum Gasteiger partial charge on any atom is -0.493 e. The quantitative estimate of drug-likeness (QED) is 0.497. The number of rotatable bonds is 9. The minimum absolute atomic E-state index is 0.112. The van der Waals surface area contributed by atoms with Crippen LogP contribution in [0.4, 0.5) is 0 Å². The molecule has 6 heteroatoms. The zero-order valence-electron chi connectivity index (χ0n) is 19.3. The summed E-state index contributed by atoms with van der Waals surface area (Å²) in [5.41, 5.74) is 2.85. The van der Waals surface area contributed by atoms with Gasteiger partial charge in [0.05, 0.1) is 26.7 Å². The number of likely N-dealkylation sites (tertiary alicyclic amines) is 1. The summed E-state index contributed by atoms with van der Waals surface area (Å²) in [6.45, 7) is 0.397. The predicted octanol–water partition coefficient (Wildman–Crippen LogP) is 3.86. The summed E-state index contributed by atoms with van der Waals surface area (Å²) in [5, 5.41) is 2.93. The van der Waals surface area contributed by atoms with Crippen molar-refractivity contribution < 1.29 is 19.1 Å². The van der Waals surface area contributed by atoms with Gasteiger partial charge in [0.15, 0.2) is 11.5 Å². The lowest BCUT2D eigenvalue weighted by atomic mass is 9.92. The molecule has 1 fully saturated rings. The van der Waals surface area contributed by atoms with E-state index in [4.69, 9.17) is 9.47 Å². The van der Waals surface area contributed by atoms with E-state index in [2.05, 4.69) is 5.32 Å². The van der Waals surface area contributed by atoms with Gasteiger partial charge in [-0.25, -0.2) is 0 Å². The highest BCUT2D eigenvalue weighted by Crippen LogP contribution is 2.31. The largest absolute Gasteiger partial charge is 0.493 e. The molecule has 0 aromatic heterocycles. The van der Waals surface area contributed by atoms with E-state index in [0.717, 1.165) is 16.7 Å². The predicted molar refractivity (Wildman–Crippen MR) is 131 cm³/mol. The van der Waals surface area contributed by atoms with Gasteiger partial charge in [0.2, 0.25) is 11.8 Å². The first-order valence-electron chi connectivity index (χ1n) is 11.2. The third kappa shape index (κ3) is 5.29. The Morgan fingerprint density at radius 1 is 0.912 bits per heavy atom. The number of amides is 2. The Morgan fingerprint density at radius 2 is 1.59 bits per heavy atom. The summed E-state index contributed by atoms with van der Waals surface area (Å²) in [6.07, 6.45) is 4.19. The molecule has 2 atom stereocenters. The van der Waals surface area contributed by atoms with Crippen LogP contribution in [0.25, 0.3) is 6.08 Å². The summed E-state index contributed by atoms with van der Waals surface area (Å²) < 4.78 is 10.7. The molecule has 1 N–H and O–H groups in total. The fourth-order valence-corrected chi connectivity index (χ4v) is 4.07. The second-order valence-corrected chi connectivity index (χ2v) is 8.12. The summed E-state index contributed by atoms with van der Waals surface area (Å²) >= 11 is 0. The van der Waals surface area contributed by atoms with Crippen LogP contribution < -0.4 is 14.8 Å². The zero-order valence-corrected chi connectivity index (χ0v) is 19.3. The van der Waals surface area contributed by atoms with Crippen molar-refractivity contribution in [2.45, 2.75) is 25.0 Å². The van der Waals surface area contributed by atoms with Crippen molar-refractivity contribution in [2.75, 3.05) is 14.2 Å². The van der Waals surface area contributed by atoms with Crippen molar-refractivity contribution in [2.24, 2.45) is 0 Å². The highest BCUT2D eigenvalue weighted by molar-refractivity contribution is 5.94. The molecule has 2 unspecified atom stereocenters. The zero-order chi connectivity index (χ0) is 23.9. The standard InChI is InChI=1S/C28H28N2O4/c1-33-24-16-14-22(17-25(24)34-2)19-30-23(15-13-20-9-5-3-6-10-20)27(28(30)32)29-26(31)18-21-11-7-4-8-12-21/h3-17,23,27H,18-19H2,1-2H3,(H,29,31). The molecule has 34 heavy (non-hydrogen) atoms. The number of carbonyl (C=O) groups excluding carboxylic acids is 2. The number of β-lactam (4-membered cyclic amide) rings is 1. The topological polar surface area (TPSA) is 67.9 Å². The number of carbonyl (C=O) groups is 2. The van der Waals surface area contributed by atoms with Crippen molar-refractivity contribution >= 4 is 17.9 Å². The van der Waals surface area contributed by atoms with Gasteiger partial charge in [0.1, 0.15) is 6.04 Å². The Hall–Kier alpha value is -4.06. The fraction of sp³-hybridized carbons (Fsp3) is 0.214. The van der Waals surface area contributed by atoms with Gasteiger partial charge in [-0.3, -0.25) is 9.59 Å². The van der Waals surface area contributed by atoms with Crippen molar-refractivity contribution in [3.05, 3.63) is 102 Å². The highest BCUT2D eigenvalue weighted by Gasteiger charge is 2.46. The summed E-state index contributed by atoms with van der Waals surface area (Å²) in [4.78, 5) is 27.5. The molecule has 174 valence electrons. The second kappa shape index (κ2) is 10.7. The molecule has 6 nitrogen and oxygen atoms in total. The average molecular weight is 457 g/mol. The number of nitrogens with one attached hydrogen (secondary N) is 1. The van der Waals surface area contributed by atoms with Gasteiger partial charge in [0, 0.05) is 6.54 Å². The first kappa shape index (κ1) is 23.1. The number of ether oxygens (including phenoxy) is 2. The van der Waals surface area contributed by atoms with Crippen molar-refractivity contribution in [1.82, 2.24) is 10.2 Å². The molecule has 1 saturated heterocycles. The molecule has 2 amide bonds. The van der Waals surface area contributed by atoms with Crippen LogP contribution in [0.3, 0.4) is 0 Å². The van der Waals surface area contributed by atoms with Gasteiger partial charge in [0.25, 0.3) is 0 Å². The Morgan fingerprint density at radius 3 is 2.26 bits per heavy atom. The second-order valence-electron chi connectivity index (χ2n) is 8.12. The molecule has 0 radical (unpaired) electrons. The van der Waals surface area contributed by atoms with Gasteiger partial charge in [-0.15, -0.1) is 0 Å². The monoisotopic (exact) mass is 456 g/mol. The van der Waals surface area contributed by atoms with Crippen LogP contribution in [0, 0.1) is 0 Å². The lowest BCUT2D eigenvalue weighted by Crippen LogP contribution is -2.69. The average Bonchev–Trinajstić information content (AvgIpc) is 2.88. The van der Waals surface area contributed by atoms with Crippen LogP contribution in [0.5, 0.6) is 11.5 Å². The van der Waals surface area contributed by atoms with Crippen LogP contribution >= 0.6 is 0 Å². The molecule has 4 rings (SSSR count). The SMILES string of the molecule is COc1ccc(CN2C(=O)C(NC(=O)Cc3ccccc3)C2C=Cc2ccccc2)cc1OC. The Balaban J connectivity index is 1.51. The summed E-state index contributed by atoms with van der Waals surface area (Å²) in [7, 11) is 3.17. The lowest BCUT2D eigenvalue weighted by Gasteiger charge is -2.46. The smallest absolute Gasteiger partial charge is 0.248 e. The van der Waals surface area contributed by atoms with Crippen LogP contribution in [-0.2, 0) is 22.6 Å². The van der Waals surface area contributed by atoms with Crippen LogP contribution in [0.1, 0.15) is 16.7 Å². The lowest BCUT2D eigenvalue weighted by molar-refractivity contribution is -0.151. The van der Waals surface area contributed by atoms with E-state index in [0.29, 0.717) is 18.0 Å². The fourth-order valence-electron chi connectivity index (χ4n) is 4.07. The van der Waals surface area contributed by atoms with Crippen LogP contribution in [0.15, 0.2) is 84.9 Å². The van der Waals surface area contributed by atoms with E-state index >= 15 is 0 Å². The van der Waals surface area contributed by atoms with E-state index < -0.39 is 6.04 Å². The van der Waals surface area contributed by atoms with E-state index in [1.807, 2.05) is 91.0 Å². The van der Waals surface area contributed by atoms with Crippen molar-refractivity contribution in [3.63, 3.8) is 0 Å². The normalized spacial score (nSPS) is 17.4. The van der Waals surface area contributed by atoms with Gasteiger partial charge in [-0.2, -0.15) is 0 Å². The number of methoxy groups -OCH3 is 2. The molecule has 0 saturated carbocycles. The maximum Gasteiger partial charge on any atom is 0.248 e. The molecule has 0 bridgehead atoms. The first-order chi connectivity index (χ1) is 16.6. The van der Waals surface area contributed by atoms with Gasteiger partial charge >= 0.3 is 0 Å². The molecule has 1 aliphatic heterocycles. The van der Waals surface area contributed by atoms with Gasteiger partial charge in [-0.05, 0) is 28.8 Å². The third-order valence-corrected chi connectivity index (χ3v) is 5.86. The molecule has 1 aliphatic rings. The molecule has 3 aromatic carbocycles. The molecule has 1 heterocycles. The molecular formula is C28H28N2O4. The number of hydrogen-bond donors (Lipinski definition) is 1. The Bertz CT molecular complexity index is 1160. The van der Waals surface area contributed by atoms with Crippen molar-refractivity contribution in [1.29, 1.82) is 0 Å². The van der Waals surface area contributed by atoms with E-state index in [1.54, 1.807) is 19.1 Å². The first-order valence-corrected chi connectivity index (χ1v) is 11.2. The van der Waals surface area contributed by atoms with E-state index in [1.165, 1.54) is 0 Å². The Labute approximate surface area is 199 Å². The number of nitrogens with zero attached hydrogens (tertiary/aromatic N) is 1. The summed E-state index contributed by atoms with van der Waals surface area (Å²) in [6, 6.07) is 24.1. The van der Waals surface area contributed by atoms with Gasteiger partial charge in [-0.1, -0.05) is 78.9 Å². The molecular weight excluding hydrogens is 428 g/mol. The third-order valence-electron chi connectivity index (χ3n) is 5.86. The van der Waals surface area contributed by atoms with E-state index in [9.17, 15) is 9.59 Å². The maximum atomic E-state index is 13.1.